The Morgan fingerprint density at radius 1 is 1.43 bits per heavy atom. The molecule has 1 N–H and O–H groups in total. The number of aromatic carboxylic acids is 1. The Morgan fingerprint density at radius 3 is 2.67 bits per heavy atom. The Kier molecular flexibility index (Phi) is 3.96. The monoisotopic (exact) mass is 303 g/mol. The minimum absolute atomic E-state index is 0.0793. The van der Waals surface area contributed by atoms with E-state index in [0.29, 0.717) is 5.56 Å². The molecule has 2 aromatic rings. The normalized spacial score (nSPS) is 11.8. The second-order valence-corrected chi connectivity index (χ2v) is 4.44. The lowest BCUT2D eigenvalue weighted by molar-refractivity contribution is -0.136. The fourth-order valence-corrected chi connectivity index (χ4v) is 1.87. The maximum Gasteiger partial charge on any atom is 0.389 e. The Bertz CT molecular complexity index is 647. The number of hydrogen-bond donors (Lipinski definition) is 1. The quantitative estimate of drug-likeness (QED) is 0.909. The van der Waals surface area contributed by atoms with Crippen LogP contribution in [0.3, 0.4) is 0 Å². The summed E-state index contributed by atoms with van der Waals surface area (Å²) in [5.74, 6) is -1.30. The zero-order chi connectivity index (χ0) is 15.6. The van der Waals surface area contributed by atoms with Gasteiger partial charge in [-0.2, -0.15) is 18.3 Å². The number of aromatic nitrogens is 5. The highest BCUT2D eigenvalue weighted by Crippen LogP contribution is 2.25. The van der Waals surface area contributed by atoms with E-state index >= 15 is 0 Å². The molecule has 0 aromatic carbocycles. The Labute approximate surface area is 117 Å². The Balaban J connectivity index is 2.28. The largest absolute Gasteiger partial charge is 0.476 e. The minimum Gasteiger partial charge on any atom is -0.476 e. The lowest BCUT2D eigenvalue weighted by atomic mass is 10.2. The second kappa shape index (κ2) is 5.54. The van der Waals surface area contributed by atoms with Crippen molar-refractivity contribution in [1.29, 1.82) is 0 Å². The van der Waals surface area contributed by atoms with E-state index in [0.717, 1.165) is 4.68 Å². The molecule has 0 aliphatic heterocycles. The first-order chi connectivity index (χ1) is 9.78. The summed E-state index contributed by atoms with van der Waals surface area (Å²) >= 11 is 0. The molecule has 21 heavy (non-hydrogen) atoms. The molecule has 114 valence electrons. The van der Waals surface area contributed by atoms with Crippen LogP contribution < -0.4 is 0 Å². The highest BCUT2D eigenvalue weighted by molar-refractivity contribution is 5.92. The zero-order valence-electron chi connectivity index (χ0n) is 11.0. The van der Waals surface area contributed by atoms with Gasteiger partial charge in [0.25, 0.3) is 0 Å². The molecule has 0 amide bonds. The van der Waals surface area contributed by atoms with E-state index in [1.807, 2.05) is 0 Å². The summed E-state index contributed by atoms with van der Waals surface area (Å²) in [6, 6.07) is 0. The number of carboxylic acid groups (broad SMARTS) is 1. The highest BCUT2D eigenvalue weighted by Gasteiger charge is 2.27. The number of carbonyl (C=O) groups is 1. The molecule has 0 bridgehead atoms. The zero-order valence-corrected chi connectivity index (χ0v) is 11.0. The molecule has 0 unspecified atom stereocenters. The average Bonchev–Trinajstić information content (AvgIpc) is 2.93. The minimum atomic E-state index is -4.26. The third-order valence-corrected chi connectivity index (χ3v) is 2.75. The first-order valence-electron chi connectivity index (χ1n) is 6.00. The number of halogens is 3. The molecule has 2 rings (SSSR count). The molecule has 0 radical (unpaired) electrons. The smallest absolute Gasteiger partial charge is 0.389 e. The van der Waals surface area contributed by atoms with Crippen LogP contribution in [0.1, 0.15) is 23.3 Å². The van der Waals surface area contributed by atoms with Crippen molar-refractivity contribution < 1.29 is 23.1 Å². The van der Waals surface area contributed by atoms with E-state index < -0.39 is 18.6 Å². The molecule has 0 aliphatic carbocycles. The number of hydrogen-bond acceptors (Lipinski definition) is 4. The summed E-state index contributed by atoms with van der Waals surface area (Å²) in [5, 5.41) is 20.1. The molecule has 0 fully saturated rings. The van der Waals surface area contributed by atoms with Gasteiger partial charge in [0.1, 0.15) is 5.69 Å². The van der Waals surface area contributed by atoms with Crippen molar-refractivity contribution >= 4 is 5.97 Å². The van der Waals surface area contributed by atoms with E-state index in [2.05, 4.69) is 15.4 Å². The third-order valence-electron chi connectivity index (χ3n) is 2.75. The molecular formula is C11H12F3N5O2. The Hall–Kier alpha value is -2.39. The molecule has 0 saturated carbocycles. The predicted octanol–water partition coefficient (Wildman–Crippen LogP) is 1.72. The van der Waals surface area contributed by atoms with E-state index in [1.54, 1.807) is 13.2 Å². The third kappa shape index (κ3) is 3.58. The van der Waals surface area contributed by atoms with Crippen molar-refractivity contribution in [3.8, 4) is 11.3 Å². The lowest BCUT2D eigenvalue weighted by Gasteiger charge is -2.07. The van der Waals surface area contributed by atoms with Crippen LogP contribution in [-0.2, 0) is 13.6 Å². The van der Waals surface area contributed by atoms with Gasteiger partial charge in [0.15, 0.2) is 5.69 Å². The molecule has 0 atom stereocenters. The molecule has 0 saturated heterocycles. The summed E-state index contributed by atoms with van der Waals surface area (Å²) in [5.41, 5.74) is 0.277. The fourth-order valence-electron chi connectivity index (χ4n) is 1.87. The topological polar surface area (TPSA) is 85.8 Å². The summed E-state index contributed by atoms with van der Waals surface area (Å²) < 4.78 is 39.1. The average molecular weight is 303 g/mol. The van der Waals surface area contributed by atoms with Crippen LogP contribution in [0.4, 0.5) is 13.2 Å². The van der Waals surface area contributed by atoms with Crippen LogP contribution in [0, 0.1) is 0 Å². The van der Waals surface area contributed by atoms with Crippen molar-refractivity contribution in [2.45, 2.75) is 25.6 Å². The number of nitrogens with zero attached hydrogens (tertiary/aromatic N) is 5. The van der Waals surface area contributed by atoms with Crippen LogP contribution in [-0.4, -0.2) is 42.0 Å². The molecular weight excluding hydrogens is 291 g/mol. The van der Waals surface area contributed by atoms with Crippen molar-refractivity contribution in [1.82, 2.24) is 24.8 Å². The summed E-state index contributed by atoms with van der Waals surface area (Å²) in [7, 11) is 1.64. The van der Waals surface area contributed by atoms with Crippen LogP contribution in [0.5, 0.6) is 0 Å². The standard InChI is InChI=1S/C11H12F3N5O2/c1-18-6-7(5-15-18)9-8(10(20)21)16-17-19(9)4-2-3-11(12,13)14/h5-6H,2-4H2,1H3,(H,20,21). The number of aryl methyl sites for hydroxylation is 2. The number of alkyl halides is 3. The highest BCUT2D eigenvalue weighted by atomic mass is 19.4. The molecule has 10 heteroatoms. The van der Waals surface area contributed by atoms with Gasteiger partial charge < -0.3 is 5.11 Å². The van der Waals surface area contributed by atoms with Gasteiger partial charge in [0, 0.05) is 31.8 Å². The van der Waals surface area contributed by atoms with Crippen molar-refractivity contribution in [2.24, 2.45) is 7.05 Å². The molecule has 2 heterocycles. The van der Waals surface area contributed by atoms with Gasteiger partial charge in [-0.25, -0.2) is 9.48 Å². The maximum absolute atomic E-state index is 12.2. The lowest BCUT2D eigenvalue weighted by Crippen LogP contribution is -2.11. The molecule has 7 nitrogen and oxygen atoms in total. The van der Waals surface area contributed by atoms with Gasteiger partial charge in [0.2, 0.25) is 0 Å². The summed E-state index contributed by atoms with van der Waals surface area (Å²) in [6.07, 6.45) is -2.48. The van der Waals surface area contributed by atoms with Crippen LogP contribution in [0.2, 0.25) is 0 Å². The van der Waals surface area contributed by atoms with E-state index in [1.165, 1.54) is 10.9 Å². The van der Waals surface area contributed by atoms with Gasteiger partial charge in [-0.3, -0.25) is 4.68 Å². The molecule has 0 spiro atoms. The van der Waals surface area contributed by atoms with E-state index in [9.17, 15) is 18.0 Å². The van der Waals surface area contributed by atoms with Crippen LogP contribution >= 0.6 is 0 Å². The number of carboxylic acids is 1. The molecule has 0 aliphatic rings. The van der Waals surface area contributed by atoms with Gasteiger partial charge >= 0.3 is 12.1 Å². The van der Waals surface area contributed by atoms with Gasteiger partial charge in [-0.1, -0.05) is 5.21 Å². The van der Waals surface area contributed by atoms with Gasteiger partial charge in [-0.05, 0) is 6.42 Å². The number of rotatable bonds is 5. The Morgan fingerprint density at radius 2 is 2.14 bits per heavy atom. The predicted molar refractivity (Wildman–Crippen MR) is 64.5 cm³/mol. The van der Waals surface area contributed by atoms with Crippen molar-refractivity contribution in [3.05, 3.63) is 18.1 Å². The van der Waals surface area contributed by atoms with E-state index in [-0.39, 0.29) is 24.4 Å². The summed E-state index contributed by atoms with van der Waals surface area (Å²) in [6.45, 7) is -0.0793. The summed E-state index contributed by atoms with van der Waals surface area (Å²) in [4.78, 5) is 11.1. The SMILES string of the molecule is Cn1cc(-c2c(C(=O)O)nnn2CCCC(F)(F)F)cn1. The van der Waals surface area contributed by atoms with Crippen LogP contribution in [0.15, 0.2) is 12.4 Å². The first-order valence-corrected chi connectivity index (χ1v) is 6.00. The van der Waals surface area contributed by atoms with Gasteiger partial charge in [-0.15, -0.1) is 5.10 Å². The van der Waals surface area contributed by atoms with Crippen molar-refractivity contribution in [2.75, 3.05) is 0 Å². The van der Waals surface area contributed by atoms with Gasteiger partial charge in [0.05, 0.1) is 6.20 Å². The fraction of sp³-hybridized carbons (Fsp3) is 0.455. The second-order valence-electron chi connectivity index (χ2n) is 4.44. The maximum atomic E-state index is 12.2. The van der Waals surface area contributed by atoms with Crippen LogP contribution in [0.25, 0.3) is 11.3 Å². The van der Waals surface area contributed by atoms with E-state index in [4.69, 9.17) is 5.11 Å². The van der Waals surface area contributed by atoms with Crippen molar-refractivity contribution in [3.63, 3.8) is 0 Å². The molecule has 2 aromatic heterocycles. The first kappa shape index (κ1) is 15.0.